The molecule has 4 heteroatoms. The van der Waals surface area contributed by atoms with E-state index in [0.717, 1.165) is 23.9 Å². The Morgan fingerprint density at radius 1 is 1.46 bits per heavy atom. The monoisotopic (exact) mass is 239 g/mol. The Morgan fingerprint density at radius 2 is 2.15 bits per heavy atom. The summed E-state index contributed by atoms with van der Waals surface area (Å²) in [5, 5.41) is 3.07. The van der Waals surface area contributed by atoms with Gasteiger partial charge < -0.3 is 5.32 Å². The van der Waals surface area contributed by atoms with Crippen LogP contribution in [0.3, 0.4) is 0 Å². The van der Waals surface area contributed by atoms with Crippen LogP contribution in [-0.2, 0) is 0 Å². The number of terminal acetylenes is 1. The maximum atomic E-state index is 5.11. The van der Waals surface area contributed by atoms with Gasteiger partial charge in [0.05, 0.1) is 4.47 Å². The van der Waals surface area contributed by atoms with Crippen molar-refractivity contribution in [3.8, 4) is 12.3 Å². The number of hydrogen-bond donors (Lipinski definition) is 1. The van der Waals surface area contributed by atoms with E-state index in [1.165, 1.54) is 0 Å². The Balaban J connectivity index is 2.30. The molecule has 3 nitrogen and oxygen atoms in total. The Hall–Kier alpha value is -1.08. The molecule has 0 amide bonds. The fourth-order valence-electron chi connectivity index (χ4n) is 0.794. The lowest BCUT2D eigenvalue weighted by molar-refractivity contribution is 0.891. The molecule has 0 spiro atoms. The lowest BCUT2D eigenvalue weighted by Crippen LogP contribution is -2.04. The highest BCUT2D eigenvalue weighted by Crippen LogP contribution is 2.06. The van der Waals surface area contributed by atoms with Gasteiger partial charge in [0.1, 0.15) is 0 Å². The Bertz CT molecular complexity index is 289. The first-order valence-corrected chi connectivity index (χ1v) is 4.77. The van der Waals surface area contributed by atoms with Crippen molar-refractivity contribution in [2.45, 2.75) is 12.8 Å². The van der Waals surface area contributed by atoms with Crippen LogP contribution in [0.1, 0.15) is 12.8 Å². The maximum absolute atomic E-state index is 5.11. The molecule has 0 aliphatic rings. The fourth-order valence-corrected chi connectivity index (χ4v) is 0.999. The molecular formula is C9H10BrN3. The molecule has 0 fully saturated rings. The van der Waals surface area contributed by atoms with Crippen LogP contribution in [0.25, 0.3) is 0 Å². The molecule has 13 heavy (non-hydrogen) atoms. The maximum Gasteiger partial charge on any atom is 0.222 e. The first-order valence-electron chi connectivity index (χ1n) is 3.98. The van der Waals surface area contributed by atoms with Gasteiger partial charge >= 0.3 is 0 Å². The van der Waals surface area contributed by atoms with Gasteiger partial charge in [0.25, 0.3) is 0 Å². The number of rotatable bonds is 4. The number of nitrogens with one attached hydrogen (secondary N) is 1. The molecule has 1 aromatic heterocycles. The summed E-state index contributed by atoms with van der Waals surface area (Å²) in [5.41, 5.74) is 0. The highest BCUT2D eigenvalue weighted by molar-refractivity contribution is 9.10. The standard InChI is InChI=1S/C9H10BrN3/c1-2-3-4-5-11-9-12-6-8(10)7-13-9/h1,6-7H,3-5H2,(H,11,12,13). The number of nitrogens with zero attached hydrogens (tertiary/aromatic N) is 2. The average Bonchev–Trinajstić information content (AvgIpc) is 2.15. The first kappa shape index (κ1) is 10.0. The summed E-state index contributed by atoms with van der Waals surface area (Å²) in [6.45, 7) is 0.811. The van der Waals surface area contributed by atoms with Gasteiger partial charge in [0, 0.05) is 25.4 Å². The summed E-state index contributed by atoms with van der Waals surface area (Å²) in [7, 11) is 0. The highest BCUT2D eigenvalue weighted by atomic mass is 79.9. The van der Waals surface area contributed by atoms with Crippen LogP contribution in [0.4, 0.5) is 5.95 Å². The Kier molecular flexibility index (Phi) is 4.27. The summed E-state index contributed by atoms with van der Waals surface area (Å²) in [5.74, 6) is 3.21. The third-order valence-corrected chi connectivity index (χ3v) is 1.81. The smallest absolute Gasteiger partial charge is 0.222 e. The van der Waals surface area contributed by atoms with E-state index in [9.17, 15) is 0 Å². The van der Waals surface area contributed by atoms with E-state index < -0.39 is 0 Å². The molecule has 0 saturated heterocycles. The molecule has 0 atom stereocenters. The third kappa shape index (κ3) is 3.90. The number of anilines is 1. The van der Waals surface area contributed by atoms with Crippen LogP contribution >= 0.6 is 15.9 Å². The van der Waals surface area contributed by atoms with E-state index >= 15 is 0 Å². The van der Waals surface area contributed by atoms with Crippen LogP contribution in [0.2, 0.25) is 0 Å². The Labute approximate surface area is 86.1 Å². The molecule has 0 aliphatic heterocycles. The topological polar surface area (TPSA) is 37.8 Å². The summed E-state index contributed by atoms with van der Waals surface area (Å²) < 4.78 is 0.877. The molecule has 0 aromatic carbocycles. The number of unbranched alkanes of at least 4 members (excludes halogenated alkanes) is 1. The fraction of sp³-hybridized carbons (Fsp3) is 0.333. The second-order valence-corrected chi connectivity index (χ2v) is 3.38. The summed E-state index contributed by atoms with van der Waals surface area (Å²) >= 11 is 3.26. The summed E-state index contributed by atoms with van der Waals surface area (Å²) in [6, 6.07) is 0. The van der Waals surface area contributed by atoms with Crippen molar-refractivity contribution >= 4 is 21.9 Å². The minimum atomic E-state index is 0.639. The van der Waals surface area contributed by atoms with Crippen molar-refractivity contribution in [2.24, 2.45) is 0 Å². The molecule has 1 aromatic rings. The average molecular weight is 240 g/mol. The van der Waals surface area contributed by atoms with Crippen molar-refractivity contribution in [3.63, 3.8) is 0 Å². The number of halogens is 1. The van der Waals surface area contributed by atoms with Crippen LogP contribution in [-0.4, -0.2) is 16.5 Å². The van der Waals surface area contributed by atoms with Crippen molar-refractivity contribution in [1.29, 1.82) is 0 Å². The minimum Gasteiger partial charge on any atom is -0.354 e. The predicted molar refractivity (Wildman–Crippen MR) is 56.3 cm³/mol. The SMILES string of the molecule is C#CCCCNc1ncc(Br)cn1. The largest absolute Gasteiger partial charge is 0.354 e. The molecule has 0 unspecified atom stereocenters. The molecule has 1 rings (SSSR count). The zero-order valence-electron chi connectivity index (χ0n) is 7.13. The molecule has 0 saturated carbocycles. The summed E-state index contributed by atoms with van der Waals surface area (Å²) in [6.07, 6.45) is 10.2. The van der Waals surface area contributed by atoms with Gasteiger partial charge in [-0.1, -0.05) is 0 Å². The van der Waals surface area contributed by atoms with Gasteiger partial charge in [-0.05, 0) is 22.4 Å². The second-order valence-electron chi connectivity index (χ2n) is 2.46. The quantitative estimate of drug-likeness (QED) is 0.646. The minimum absolute atomic E-state index is 0.639. The number of aromatic nitrogens is 2. The van der Waals surface area contributed by atoms with Crippen molar-refractivity contribution < 1.29 is 0 Å². The summed E-state index contributed by atoms with van der Waals surface area (Å²) in [4.78, 5) is 8.11. The van der Waals surface area contributed by atoms with Gasteiger partial charge in [-0.25, -0.2) is 9.97 Å². The van der Waals surface area contributed by atoms with E-state index in [1.54, 1.807) is 12.4 Å². The zero-order chi connectivity index (χ0) is 9.52. The first-order chi connectivity index (χ1) is 6.33. The van der Waals surface area contributed by atoms with Crippen LogP contribution in [0, 0.1) is 12.3 Å². The molecule has 1 N–H and O–H groups in total. The van der Waals surface area contributed by atoms with Gasteiger partial charge in [-0.15, -0.1) is 12.3 Å². The normalized spacial score (nSPS) is 9.23. The predicted octanol–water partition coefficient (Wildman–Crippen LogP) is 2.06. The zero-order valence-corrected chi connectivity index (χ0v) is 8.71. The van der Waals surface area contributed by atoms with Crippen molar-refractivity contribution in [1.82, 2.24) is 9.97 Å². The molecule has 0 radical (unpaired) electrons. The van der Waals surface area contributed by atoms with Crippen molar-refractivity contribution in [2.75, 3.05) is 11.9 Å². The molecule has 68 valence electrons. The number of hydrogen-bond acceptors (Lipinski definition) is 3. The third-order valence-electron chi connectivity index (χ3n) is 1.40. The van der Waals surface area contributed by atoms with Gasteiger partial charge in [-0.3, -0.25) is 0 Å². The van der Waals surface area contributed by atoms with Crippen molar-refractivity contribution in [3.05, 3.63) is 16.9 Å². The van der Waals surface area contributed by atoms with E-state index in [-0.39, 0.29) is 0 Å². The molecular weight excluding hydrogens is 230 g/mol. The van der Waals surface area contributed by atoms with E-state index in [2.05, 4.69) is 37.1 Å². The van der Waals surface area contributed by atoms with Crippen LogP contribution in [0.15, 0.2) is 16.9 Å². The van der Waals surface area contributed by atoms with E-state index in [0.29, 0.717) is 5.95 Å². The second kappa shape index (κ2) is 5.55. The van der Waals surface area contributed by atoms with E-state index in [4.69, 9.17) is 6.42 Å². The van der Waals surface area contributed by atoms with Crippen LogP contribution < -0.4 is 5.32 Å². The van der Waals surface area contributed by atoms with Gasteiger partial charge in [0.2, 0.25) is 5.95 Å². The van der Waals surface area contributed by atoms with Gasteiger partial charge in [-0.2, -0.15) is 0 Å². The van der Waals surface area contributed by atoms with E-state index in [1.807, 2.05) is 0 Å². The lowest BCUT2D eigenvalue weighted by Gasteiger charge is -2.01. The Morgan fingerprint density at radius 3 is 2.77 bits per heavy atom. The van der Waals surface area contributed by atoms with Crippen LogP contribution in [0.5, 0.6) is 0 Å². The lowest BCUT2D eigenvalue weighted by atomic mass is 10.3. The molecule has 0 aliphatic carbocycles. The van der Waals surface area contributed by atoms with Gasteiger partial charge in [0.15, 0.2) is 0 Å². The highest BCUT2D eigenvalue weighted by Gasteiger charge is 1.93. The molecule has 1 heterocycles. The molecule has 0 bridgehead atoms.